The Morgan fingerprint density at radius 3 is 2.58 bits per heavy atom. The molecule has 0 unspecified atom stereocenters. The summed E-state index contributed by atoms with van der Waals surface area (Å²) in [6.07, 6.45) is 0.207. The van der Waals surface area contributed by atoms with Crippen LogP contribution in [0.25, 0.3) is 0 Å². The Hall–Kier alpha value is -2.04. The molecule has 2 aromatic carbocycles. The quantitative estimate of drug-likeness (QED) is 0.901. The maximum Gasteiger partial charge on any atom is 0.227 e. The van der Waals surface area contributed by atoms with E-state index >= 15 is 0 Å². The van der Waals surface area contributed by atoms with E-state index in [9.17, 15) is 9.59 Å². The Bertz CT molecular complexity index is 762. The number of rotatable bonds is 4. The largest absolute Gasteiger partial charge is 0.352 e. The number of nitrogens with zero attached hydrogens (tertiary/aromatic N) is 1. The molecule has 0 aromatic heterocycles. The van der Waals surface area contributed by atoms with Crippen molar-refractivity contribution in [3.63, 3.8) is 0 Å². The molecule has 6 heteroatoms. The molecule has 1 N–H and O–H groups in total. The molecule has 0 radical (unpaired) electrons. The lowest BCUT2D eigenvalue weighted by atomic mass is 10.1. The predicted molar refractivity (Wildman–Crippen MR) is 95.2 cm³/mol. The minimum Gasteiger partial charge on any atom is -0.352 e. The first-order chi connectivity index (χ1) is 11.5. The van der Waals surface area contributed by atoms with Crippen LogP contribution in [0.15, 0.2) is 48.5 Å². The summed E-state index contributed by atoms with van der Waals surface area (Å²) in [5, 5.41) is 4.10. The number of carbonyl (C=O) groups excluding carboxylic acids is 2. The zero-order valence-corrected chi connectivity index (χ0v) is 14.3. The highest BCUT2D eigenvalue weighted by molar-refractivity contribution is 6.31. The average molecular weight is 363 g/mol. The van der Waals surface area contributed by atoms with E-state index in [1.807, 2.05) is 18.2 Å². The number of halogens is 2. The maximum atomic E-state index is 12.3. The molecule has 3 rings (SSSR count). The van der Waals surface area contributed by atoms with Crippen LogP contribution in [0.2, 0.25) is 10.0 Å². The van der Waals surface area contributed by atoms with Gasteiger partial charge in [-0.1, -0.05) is 41.4 Å². The number of carbonyl (C=O) groups is 2. The molecule has 0 spiro atoms. The van der Waals surface area contributed by atoms with Crippen LogP contribution in [0.1, 0.15) is 12.0 Å². The van der Waals surface area contributed by atoms with Gasteiger partial charge in [-0.05, 0) is 35.9 Å². The van der Waals surface area contributed by atoms with E-state index < -0.39 is 0 Å². The van der Waals surface area contributed by atoms with Gasteiger partial charge in [0.15, 0.2) is 0 Å². The molecule has 1 heterocycles. The van der Waals surface area contributed by atoms with Gasteiger partial charge < -0.3 is 10.2 Å². The molecule has 1 saturated heterocycles. The Balaban J connectivity index is 1.60. The van der Waals surface area contributed by atoms with Crippen LogP contribution >= 0.6 is 23.2 Å². The van der Waals surface area contributed by atoms with Gasteiger partial charge in [-0.15, -0.1) is 0 Å². The van der Waals surface area contributed by atoms with Crippen LogP contribution in [0.5, 0.6) is 0 Å². The molecule has 0 saturated carbocycles. The lowest BCUT2D eigenvalue weighted by molar-refractivity contribution is -0.126. The van der Waals surface area contributed by atoms with Gasteiger partial charge in [0.2, 0.25) is 11.8 Å². The zero-order chi connectivity index (χ0) is 17.1. The highest BCUT2D eigenvalue weighted by Crippen LogP contribution is 2.27. The second-order valence-corrected chi connectivity index (χ2v) is 6.60. The third-order valence-electron chi connectivity index (χ3n) is 4.00. The predicted octanol–water partition coefficient (Wildman–Crippen LogP) is 3.66. The smallest absolute Gasteiger partial charge is 0.227 e. The number of anilines is 1. The zero-order valence-electron chi connectivity index (χ0n) is 12.8. The summed E-state index contributed by atoms with van der Waals surface area (Å²) < 4.78 is 0. The first-order valence-corrected chi connectivity index (χ1v) is 8.36. The standard InChI is InChI=1S/C18H16Cl2N2O2/c19-14-6-4-12(5-7-14)10-21-18(24)13-8-17(23)22(11-13)16-3-1-2-15(20)9-16/h1-7,9,13H,8,10-11H2,(H,21,24)/t13-/m1/s1. The summed E-state index contributed by atoms with van der Waals surface area (Å²) in [6, 6.07) is 14.4. The summed E-state index contributed by atoms with van der Waals surface area (Å²) in [4.78, 5) is 26.1. The van der Waals surface area contributed by atoms with Crippen molar-refractivity contribution in [1.29, 1.82) is 0 Å². The molecule has 0 aliphatic carbocycles. The third kappa shape index (κ3) is 3.89. The van der Waals surface area contributed by atoms with Gasteiger partial charge in [0.1, 0.15) is 0 Å². The molecule has 1 aliphatic heterocycles. The fourth-order valence-electron chi connectivity index (χ4n) is 2.71. The van der Waals surface area contributed by atoms with Crippen LogP contribution < -0.4 is 10.2 Å². The van der Waals surface area contributed by atoms with Crippen LogP contribution in [0, 0.1) is 5.92 Å². The van der Waals surface area contributed by atoms with Crippen molar-refractivity contribution in [2.24, 2.45) is 5.92 Å². The van der Waals surface area contributed by atoms with Gasteiger partial charge >= 0.3 is 0 Å². The van der Waals surface area contributed by atoms with Crippen molar-refractivity contribution in [3.8, 4) is 0 Å². The van der Waals surface area contributed by atoms with Crippen molar-refractivity contribution in [3.05, 3.63) is 64.1 Å². The molecule has 2 amide bonds. The van der Waals surface area contributed by atoms with Gasteiger partial charge in [0.05, 0.1) is 5.92 Å². The SMILES string of the molecule is O=C(NCc1ccc(Cl)cc1)[C@@H]1CC(=O)N(c2cccc(Cl)c2)C1. The van der Waals surface area contributed by atoms with E-state index in [0.717, 1.165) is 11.3 Å². The van der Waals surface area contributed by atoms with Crippen molar-refractivity contribution >= 4 is 40.7 Å². The number of hydrogen-bond acceptors (Lipinski definition) is 2. The highest BCUT2D eigenvalue weighted by atomic mass is 35.5. The van der Waals surface area contributed by atoms with E-state index in [1.54, 1.807) is 35.2 Å². The third-order valence-corrected chi connectivity index (χ3v) is 4.48. The van der Waals surface area contributed by atoms with Crippen molar-refractivity contribution in [2.45, 2.75) is 13.0 Å². The van der Waals surface area contributed by atoms with Crippen molar-refractivity contribution in [2.75, 3.05) is 11.4 Å². The van der Waals surface area contributed by atoms with E-state index in [2.05, 4.69) is 5.32 Å². The summed E-state index contributed by atoms with van der Waals surface area (Å²) in [5.74, 6) is -0.546. The molecular formula is C18H16Cl2N2O2. The van der Waals surface area contributed by atoms with Gasteiger partial charge in [-0.3, -0.25) is 9.59 Å². The molecule has 0 bridgehead atoms. The van der Waals surface area contributed by atoms with E-state index in [-0.39, 0.29) is 24.2 Å². The van der Waals surface area contributed by atoms with Crippen molar-refractivity contribution < 1.29 is 9.59 Å². The maximum absolute atomic E-state index is 12.3. The summed E-state index contributed by atoms with van der Waals surface area (Å²) in [5.41, 5.74) is 1.68. The Morgan fingerprint density at radius 2 is 1.88 bits per heavy atom. The first kappa shape index (κ1) is 16.8. The number of hydrogen-bond donors (Lipinski definition) is 1. The first-order valence-electron chi connectivity index (χ1n) is 7.61. The normalized spacial score (nSPS) is 17.2. The van der Waals surface area contributed by atoms with Gasteiger partial charge in [-0.25, -0.2) is 0 Å². The second kappa shape index (κ2) is 7.24. The minimum absolute atomic E-state index is 0.0658. The topological polar surface area (TPSA) is 49.4 Å². The summed E-state index contributed by atoms with van der Waals surface area (Å²) in [6.45, 7) is 0.781. The lowest BCUT2D eigenvalue weighted by Gasteiger charge is -2.17. The van der Waals surface area contributed by atoms with E-state index in [1.165, 1.54) is 0 Å². The highest BCUT2D eigenvalue weighted by Gasteiger charge is 2.35. The Morgan fingerprint density at radius 1 is 1.12 bits per heavy atom. The molecule has 1 fully saturated rings. The second-order valence-electron chi connectivity index (χ2n) is 5.73. The lowest BCUT2D eigenvalue weighted by Crippen LogP contribution is -2.32. The van der Waals surface area contributed by atoms with E-state index in [4.69, 9.17) is 23.2 Å². The Labute approximate surface area is 150 Å². The number of amides is 2. The van der Waals surface area contributed by atoms with Crippen molar-refractivity contribution in [1.82, 2.24) is 5.32 Å². The van der Waals surface area contributed by atoms with Crippen LogP contribution in [0.4, 0.5) is 5.69 Å². The number of nitrogens with one attached hydrogen (secondary N) is 1. The van der Waals surface area contributed by atoms with Crippen LogP contribution in [0.3, 0.4) is 0 Å². The van der Waals surface area contributed by atoms with Gasteiger partial charge in [0, 0.05) is 35.2 Å². The monoisotopic (exact) mass is 362 g/mol. The minimum atomic E-state index is -0.358. The van der Waals surface area contributed by atoms with Crippen LogP contribution in [-0.4, -0.2) is 18.4 Å². The molecule has 24 heavy (non-hydrogen) atoms. The molecular weight excluding hydrogens is 347 g/mol. The van der Waals surface area contributed by atoms with Gasteiger partial charge in [-0.2, -0.15) is 0 Å². The van der Waals surface area contributed by atoms with Gasteiger partial charge in [0.25, 0.3) is 0 Å². The fourth-order valence-corrected chi connectivity index (χ4v) is 3.02. The summed E-state index contributed by atoms with van der Waals surface area (Å²) in [7, 11) is 0. The average Bonchev–Trinajstić information content (AvgIpc) is 2.96. The summed E-state index contributed by atoms with van der Waals surface area (Å²) >= 11 is 11.8. The molecule has 4 nitrogen and oxygen atoms in total. The van der Waals surface area contributed by atoms with E-state index in [0.29, 0.717) is 23.1 Å². The molecule has 2 aromatic rings. The fraction of sp³-hybridized carbons (Fsp3) is 0.222. The van der Waals surface area contributed by atoms with Crippen LogP contribution in [-0.2, 0) is 16.1 Å². The molecule has 1 atom stereocenters. The Kier molecular flexibility index (Phi) is 5.07. The molecule has 1 aliphatic rings. The number of benzene rings is 2. The molecule has 124 valence electrons.